The number of benzene rings is 1. The lowest BCUT2D eigenvalue weighted by molar-refractivity contribution is -0.135. The standard InChI is InChI=1S/C21H30N2O/c24-21(11-8-16-12-14-22-15-13-16)23(18-9-10-18)20-7-3-5-17-4-1-2-6-19(17)20/h1-2,4,6,16,18,20,22H,3,5,7-15H2. The van der Waals surface area contributed by atoms with E-state index in [-0.39, 0.29) is 0 Å². The number of hydrogen-bond acceptors (Lipinski definition) is 2. The fraction of sp³-hybridized carbons (Fsp3) is 0.667. The van der Waals surface area contributed by atoms with E-state index in [2.05, 4.69) is 34.5 Å². The minimum absolute atomic E-state index is 0.336. The molecule has 1 unspecified atom stereocenters. The van der Waals surface area contributed by atoms with Crippen LogP contribution in [0.25, 0.3) is 0 Å². The van der Waals surface area contributed by atoms with Crippen LogP contribution in [0.2, 0.25) is 0 Å². The third-order valence-electron chi connectivity index (χ3n) is 6.13. The molecule has 0 spiro atoms. The van der Waals surface area contributed by atoms with Gasteiger partial charge < -0.3 is 10.2 Å². The molecule has 3 heteroatoms. The molecule has 1 atom stereocenters. The summed E-state index contributed by atoms with van der Waals surface area (Å²) in [7, 11) is 0. The van der Waals surface area contributed by atoms with E-state index < -0.39 is 0 Å². The van der Waals surface area contributed by atoms with E-state index in [0.29, 0.717) is 18.0 Å². The number of rotatable bonds is 5. The summed E-state index contributed by atoms with van der Waals surface area (Å²) in [5, 5.41) is 3.42. The minimum atomic E-state index is 0.336. The Balaban J connectivity index is 1.45. The first kappa shape index (κ1) is 16.1. The number of nitrogens with zero attached hydrogens (tertiary/aromatic N) is 1. The monoisotopic (exact) mass is 326 g/mol. The molecule has 2 aliphatic carbocycles. The number of fused-ring (bicyclic) bond motifs is 1. The third-order valence-corrected chi connectivity index (χ3v) is 6.13. The van der Waals surface area contributed by atoms with Crippen molar-refractivity contribution in [1.29, 1.82) is 0 Å². The van der Waals surface area contributed by atoms with E-state index in [9.17, 15) is 4.79 Å². The van der Waals surface area contributed by atoms with E-state index in [0.717, 1.165) is 38.3 Å². The van der Waals surface area contributed by atoms with Gasteiger partial charge in [-0.15, -0.1) is 0 Å². The SMILES string of the molecule is O=C(CCC1CCNCC1)N(C1CC1)C1CCCc2ccccc21. The summed E-state index contributed by atoms with van der Waals surface area (Å²) in [6, 6.07) is 9.65. The summed E-state index contributed by atoms with van der Waals surface area (Å²) in [6.07, 6.45) is 10.3. The molecule has 24 heavy (non-hydrogen) atoms. The maximum absolute atomic E-state index is 13.1. The second-order valence-electron chi connectivity index (χ2n) is 7.87. The number of aryl methyl sites for hydroxylation is 1. The normalized spacial score (nSPS) is 24.4. The van der Waals surface area contributed by atoms with Crippen molar-refractivity contribution in [1.82, 2.24) is 10.2 Å². The van der Waals surface area contributed by atoms with Crippen LogP contribution in [0, 0.1) is 5.92 Å². The second kappa shape index (κ2) is 7.26. The van der Waals surface area contributed by atoms with Gasteiger partial charge in [0.1, 0.15) is 0 Å². The number of hydrogen-bond donors (Lipinski definition) is 1. The average molecular weight is 326 g/mol. The van der Waals surface area contributed by atoms with Crippen LogP contribution in [0.5, 0.6) is 0 Å². The van der Waals surface area contributed by atoms with Crippen LogP contribution in [-0.2, 0) is 11.2 Å². The molecule has 1 amide bonds. The van der Waals surface area contributed by atoms with Crippen LogP contribution >= 0.6 is 0 Å². The number of carbonyl (C=O) groups excluding carboxylic acids is 1. The van der Waals surface area contributed by atoms with Gasteiger partial charge in [-0.05, 0) is 81.5 Å². The molecule has 1 aromatic rings. The Kier molecular flexibility index (Phi) is 4.88. The molecule has 4 rings (SSSR count). The Hall–Kier alpha value is -1.35. The molecule has 0 aromatic heterocycles. The lowest BCUT2D eigenvalue weighted by Gasteiger charge is -2.36. The van der Waals surface area contributed by atoms with E-state index in [4.69, 9.17) is 0 Å². The summed E-state index contributed by atoms with van der Waals surface area (Å²) >= 11 is 0. The van der Waals surface area contributed by atoms with Gasteiger partial charge in [-0.3, -0.25) is 4.79 Å². The van der Waals surface area contributed by atoms with Crippen molar-refractivity contribution in [2.45, 2.75) is 69.9 Å². The van der Waals surface area contributed by atoms with Gasteiger partial charge >= 0.3 is 0 Å². The van der Waals surface area contributed by atoms with E-state index in [1.54, 1.807) is 0 Å². The summed E-state index contributed by atoms with van der Waals surface area (Å²) in [5.41, 5.74) is 2.89. The van der Waals surface area contributed by atoms with Gasteiger partial charge in [0.15, 0.2) is 0 Å². The van der Waals surface area contributed by atoms with E-state index >= 15 is 0 Å². The summed E-state index contributed by atoms with van der Waals surface area (Å²) in [4.78, 5) is 15.4. The lowest BCUT2D eigenvalue weighted by atomic mass is 9.86. The fourth-order valence-corrected chi connectivity index (χ4v) is 4.63. The molecule has 1 saturated carbocycles. The molecule has 3 aliphatic rings. The van der Waals surface area contributed by atoms with Crippen LogP contribution in [0.4, 0.5) is 0 Å². The zero-order valence-corrected chi connectivity index (χ0v) is 14.7. The third kappa shape index (κ3) is 3.51. The maximum Gasteiger partial charge on any atom is 0.223 e. The first-order valence-electron chi connectivity index (χ1n) is 9.92. The molecule has 130 valence electrons. The smallest absolute Gasteiger partial charge is 0.223 e. The molecule has 1 heterocycles. The Labute approximate surface area is 145 Å². The summed E-state index contributed by atoms with van der Waals surface area (Å²) < 4.78 is 0. The van der Waals surface area contributed by atoms with Crippen molar-refractivity contribution in [3.63, 3.8) is 0 Å². The zero-order chi connectivity index (χ0) is 16.4. The molecule has 3 nitrogen and oxygen atoms in total. The highest BCUT2D eigenvalue weighted by Gasteiger charge is 2.39. The highest BCUT2D eigenvalue weighted by atomic mass is 16.2. The highest BCUT2D eigenvalue weighted by molar-refractivity contribution is 5.77. The number of amides is 1. The van der Waals surface area contributed by atoms with Gasteiger partial charge in [0.05, 0.1) is 6.04 Å². The van der Waals surface area contributed by atoms with Crippen LogP contribution in [0.15, 0.2) is 24.3 Å². The van der Waals surface area contributed by atoms with Crippen LogP contribution < -0.4 is 5.32 Å². The molecule has 1 aromatic carbocycles. The highest BCUT2D eigenvalue weighted by Crippen LogP contribution is 2.41. The molecule has 1 N–H and O–H groups in total. The van der Waals surface area contributed by atoms with Crippen molar-refractivity contribution in [2.24, 2.45) is 5.92 Å². The maximum atomic E-state index is 13.1. The van der Waals surface area contributed by atoms with E-state index in [1.807, 2.05) is 0 Å². The minimum Gasteiger partial charge on any atom is -0.333 e. The molecule has 1 saturated heterocycles. The quantitative estimate of drug-likeness (QED) is 0.892. The molecular formula is C21H30N2O. The van der Waals surface area contributed by atoms with Gasteiger partial charge in [-0.25, -0.2) is 0 Å². The Morgan fingerprint density at radius 1 is 1.08 bits per heavy atom. The van der Waals surface area contributed by atoms with Gasteiger partial charge in [0, 0.05) is 12.5 Å². The molecule has 2 fully saturated rings. The average Bonchev–Trinajstić information content (AvgIpc) is 3.46. The molecule has 1 aliphatic heterocycles. The lowest BCUT2D eigenvalue weighted by Crippen LogP contribution is -2.38. The first-order chi connectivity index (χ1) is 11.8. The van der Waals surface area contributed by atoms with Crippen molar-refractivity contribution in [3.8, 4) is 0 Å². The van der Waals surface area contributed by atoms with Crippen molar-refractivity contribution < 1.29 is 4.79 Å². The van der Waals surface area contributed by atoms with Gasteiger partial charge in [0.2, 0.25) is 5.91 Å². The Bertz CT molecular complexity index is 575. The molecular weight excluding hydrogens is 296 g/mol. The fourth-order valence-electron chi connectivity index (χ4n) is 4.63. The van der Waals surface area contributed by atoms with Crippen molar-refractivity contribution in [3.05, 3.63) is 35.4 Å². The largest absolute Gasteiger partial charge is 0.333 e. The van der Waals surface area contributed by atoms with E-state index in [1.165, 1.54) is 49.7 Å². The van der Waals surface area contributed by atoms with Crippen molar-refractivity contribution >= 4 is 5.91 Å². The van der Waals surface area contributed by atoms with Gasteiger partial charge in [0.25, 0.3) is 0 Å². The number of carbonyl (C=O) groups is 1. The van der Waals surface area contributed by atoms with Crippen LogP contribution in [0.1, 0.15) is 68.5 Å². The predicted molar refractivity (Wildman–Crippen MR) is 96.8 cm³/mol. The second-order valence-corrected chi connectivity index (χ2v) is 7.87. The molecule has 0 bridgehead atoms. The summed E-state index contributed by atoms with van der Waals surface area (Å²) in [5.74, 6) is 1.16. The van der Waals surface area contributed by atoms with Crippen molar-refractivity contribution in [2.75, 3.05) is 13.1 Å². The van der Waals surface area contributed by atoms with Gasteiger partial charge in [-0.2, -0.15) is 0 Å². The number of piperidine rings is 1. The van der Waals surface area contributed by atoms with Crippen LogP contribution in [0.3, 0.4) is 0 Å². The topological polar surface area (TPSA) is 32.3 Å². The van der Waals surface area contributed by atoms with Crippen LogP contribution in [-0.4, -0.2) is 29.9 Å². The predicted octanol–water partition coefficient (Wildman–Crippen LogP) is 3.83. The Morgan fingerprint density at radius 3 is 2.67 bits per heavy atom. The first-order valence-corrected chi connectivity index (χ1v) is 9.92. The zero-order valence-electron chi connectivity index (χ0n) is 14.7. The number of nitrogens with one attached hydrogen (secondary N) is 1. The molecule has 0 radical (unpaired) electrons. The van der Waals surface area contributed by atoms with Gasteiger partial charge in [-0.1, -0.05) is 24.3 Å². The Morgan fingerprint density at radius 2 is 1.88 bits per heavy atom. The summed E-state index contributed by atoms with van der Waals surface area (Å²) in [6.45, 7) is 2.25.